The van der Waals surface area contributed by atoms with Crippen LogP contribution in [0.2, 0.25) is 0 Å². The van der Waals surface area contributed by atoms with Crippen molar-refractivity contribution in [1.29, 1.82) is 0 Å². The molecular weight excluding hydrogens is 212 g/mol. The Bertz CT molecular complexity index is 466. The zero-order valence-electron chi connectivity index (χ0n) is 10.1. The van der Waals surface area contributed by atoms with Gasteiger partial charge in [0, 0.05) is 13.2 Å². The molecule has 1 atom stereocenters. The number of hydrogen-bond donors (Lipinski definition) is 1. The minimum atomic E-state index is 0.0882. The second-order valence-electron chi connectivity index (χ2n) is 3.85. The van der Waals surface area contributed by atoms with E-state index in [0.717, 1.165) is 16.9 Å². The maximum Gasteiger partial charge on any atom is 0.159 e. The highest BCUT2D eigenvalue weighted by atomic mass is 15.6. The molecule has 0 saturated heterocycles. The summed E-state index contributed by atoms with van der Waals surface area (Å²) in [5, 5.41) is 1.96. The molecule has 4 nitrogen and oxygen atoms in total. The van der Waals surface area contributed by atoms with Crippen molar-refractivity contribution < 1.29 is 0 Å². The summed E-state index contributed by atoms with van der Waals surface area (Å²) in [6.45, 7) is 5.79. The van der Waals surface area contributed by atoms with Crippen molar-refractivity contribution in [2.75, 3.05) is 7.05 Å². The van der Waals surface area contributed by atoms with Crippen LogP contribution in [0.5, 0.6) is 0 Å². The van der Waals surface area contributed by atoms with E-state index in [4.69, 9.17) is 0 Å². The molecule has 0 spiro atoms. The number of rotatable bonds is 3. The van der Waals surface area contributed by atoms with Gasteiger partial charge in [0.1, 0.15) is 6.34 Å². The molecule has 2 aliphatic heterocycles. The lowest BCUT2D eigenvalue weighted by atomic mass is 10.0. The van der Waals surface area contributed by atoms with Gasteiger partial charge in [-0.3, -0.25) is 15.4 Å². The van der Waals surface area contributed by atoms with E-state index < -0.39 is 0 Å². The molecular formula is C13H16N4. The second-order valence-corrected chi connectivity index (χ2v) is 3.85. The van der Waals surface area contributed by atoms with E-state index >= 15 is 0 Å². The molecule has 2 rings (SSSR count). The summed E-state index contributed by atoms with van der Waals surface area (Å²) in [4.78, 5) is 8.37. The van der Waals surface area contributed by atoms with Gasteiger partial charge in [0.05, 0.1) is 5.71 Å². The van der Waals surface area contributed by atoms with Crippen molar-refractivity contribution in [3.05, 3.63) is 48.2 Å². The van der Waals surface area contributed by atoms with Crippen LogP contribution in [0, 0.1) is 0 Å². The predicted molar refractivity (Wildman–Crippen MR) is 71.8 cm³/mol. The quantitative estimate of drug-likeness (QED) is 0.748. The van der Waals surface area contributed by atoms with Gasteiger partial charge < -0.3 is 0 Å². The third-order valence-electron chi connectivity index (χ3n) is 2.73. The molecule has 2 aliphatic rings. The molecule has 0 aromatic heterocycles. The first kappa shape index (κ1) is 11.4. The lowest BCUT2D eigenvalue weighted by Crippen LogP contribution is -2.34. The molecule has 88 valence electrons. The Morgan fingerprint density at radius 1 is 1.65 bits per heavy atom. The zero-order valence-corrected chi connectivity index (χ0v) is 10.1. The Hall–Kier alpha value is -2.10. The summed E-state index contributed by atoms with van der Waals surface area (Å²) in [5.74, 6) is 0. The first-order chi connectivity index (χ1) is 8.24. The van der Waals surface area contributed by atoms with Crippen LogP contribution in [0.4, 0.5) is 0 Å². The lowest BCUT2D eigenvalue weighted by Gasteiger charge is -2.23. The molecule has 0 aromatic rings. The van der Waals surface area contributed by atoms with E-state index in [1.165, 1.54) is 0 Å². The smallest absolute Gasteiger partial charge is 0.159 e. The fourth-order valence-electron chi connectivity index (χ4n) is 1.72. The van der Waals surface area contributed by atoms with E-state index in [1.54, 1.807) is 19.5 Å². The van der Waals surface area contributed by atoms with Crippen molar-refractivity contribution in [2.45, 2.75) is 13.1 Å². The molecule has 4 heteroatoms. The van der Waals surface area contributed by atoms with E-state index in [2.05, 4.69) is 41.1 Å². The van der Waals surface area contributed by atoms with Gasteiger partial charge in [-0.2, -0.15) is 0 Å². The highest BCUT2D eigenvalue weighted by Crippen LogP contribution is 2.20. The van der Waals surface area contributed by atoms with Gasteiger partial charge >= 0.3 is 0 Å². The molecule has 0 radical (unpaired) electrons. The summed E-state index contributed by atoms with van der Waals surface area (Å²) >= 11 is 0. The van der Waals surface area contributed by atoms with Crippen molar-refractivity contribution >= 4 is 12.1 Å². The van der Waals surface area contributed by atoms with E-state index in [0.29, 0.717) is 0 Å². The van der Waals surface area contributed by atoms with Gasteiger partial charge in [-0.25, -0.2) is 4.99 Å². The van der Waals surface area contributed by atoms with E-state index in [-0.39, 0.29) is 6.17 Å². The number of fused-ring (bicyclic) bond motifs is 1. The number of nitrogens with one attached hydrogen (secondary N) is 1. The molecule has 2 heterocycles. The maximum absolute atomic E-state index is 4.24. The van der Waals surface area contributed by atoms with Gasteiger partial charge in [-0.05, 0) is 36.3 Å². The molecule has 0 aromatic carbocycles. The zero-order chi connectivity index (χ0) is 12.3. The number of hydrazine groups is 1. The van der Waals surface area contributed by atoms with Crippen molar-refractivity contribution in [1.82, 2.24) is 10.4 Å². The highest BCUT2D eigenvalue weighted by Gasteiger charge is 2.18. The molecule has 1 N–H and O–H groups in total. The van der Waals surface area contributed by atoms with Crippen LogP contribution in [0.15, 0.2) is 58.2 Å². The Kier molecular flexibility index (Phi) is 3.23. The number of nitrogens with zero attached hydrogens (tertiary/aromatic N) is 3. The van der Waals surface area contributed by atoms with E-state index in [1.807, 2.05) is 17.3 Å². The van der Waals surface area contributed by atoms with Gasteiger partial charge in [0.25, 0.3) is 0 Å². The first-order valence-electron chi connectivity index (χ1n) is 5.48. The molecule has 0 amide bonds. The van der Waals surface area contributed by atoms with E-state index in [9.17, 15) is 0 Å². The molecule has 0 bridgehead atoms. The predicted octanol–water partition coefficient (Wildman–Crippen LogP) is 1.82. The van der Waals surface area contributed by atoms with Gasteiger partial charge in [0.15, 0.2) is 6.17 Å². The van der Waals surface area contributed by atoms with Crippen LogP contribution in [0.3, 0.4) is 0 Å². The molecule has 0 fully saturated rings. The van der Waals surface area contributed by atoms with Crippen LogP contribution in [0.1, 0.15) is 6.92 Å². The topological polar surface area (TPSA) is 40.0 Å². The third kappa shape index (κ3) is 2.36. The fourth-order valence-corrected chi connectivity index (χ4v) is 1.72. The van der Waals surface area contributed by atoms with Crippen LogP contribution >= 0.6 is 0 Å². The standard InChI is InChI=1S/C13H16N4/c1-4-12(14-3)7-10(2)11-5-6-13-15-9-16-17(13)8-11/h4-9,13H,1H2,2-3H3,(H,15,16)/b10-7+,14-12?. The Balaban J connectivity index is 2.19. The summed E-state index contributed by atoms with van der Waals surface area (Å²) in [5.41, 5.74) is 6.23. The average Bonchev–Trinajstić information content (AvgIpc) is 2.82. The Morgan fingerprint density at radius 2 is 2.47 bits per heavy atom. The van der Waals surface area contributed by atoms with Crippen molar-refractivity contribution in [2.24, 2.45) is 9.98 Å². The fraction of sp³-hybridized carbons (Fsp3) is 0.231. The highest BCUT2D eigenvalue weighted by molar-refractivity contribution is 6.04. The van der Waals surface area contributed by atoms with Crippen LogP contribution in [-0.4, -0.2) is 30.3 Å². The molecule has 0 saturated carbocycles. The first-order valence-corrected chi connectivity index (χ1v) is 5.48. The van der Waals surface area contributed by atoms with Gasteiger partial charge in [-0.15, -0.1) is 0 Å². The number of aliphatic imine (C=N–C) groups is 2. The molecule has 0 aliphatic carbocycles. The van der Waals surface area contributed by atoms with Gasteiger partial charge in [-0.1, -0.05) is 12.7 Å². The van der Waals surface area contributed by atoms with Crippen molar-refractivity contribution in [3.63, 3.8) is 0 Å². The summed E-state index contributed by atoms with van der Waals surface area (Å²) in [6, 6.07) is 0. The summed E-state index contributed by atoms with van der Waals surface area (Å²) < 4.78 is 0. The lowest BCUT2D eigenvalue weighted by molar-refractivity contribution is 0.313. The summed E-state index contributed by atoms with van der Waals surface area (Å²) in [6.07, 6.45) is 11.7. The van der Waals surface area contributed by atoms with Crippen LogP contribution in [0.25, 0.3) is 0 Å². The maximum atomic E-state index is 4.24. The monoisotopic (exact) mass is 228 g/mol. The Morgan fingerprint density at radius 3 is 3.18 bits per heavy atom. The second kappa shape index (κ2) is 4.82. The average molecular weight is 228 g/mol. The minimum Gasteiger partial charge on any atom is -0.289 e. The number of hydrogen-bond acceptors (Lipinski definition) is 4. The van der Waals surface area contributed by atoms with Crippen LogP contribution in [-0.2, 0) is 0 Å². The van der Waals surface area contributed by atoms with Gasteiger partial charge in [0.2, 0.25) is 0 Å². The normalized spacial score (nSPS) is 23.3. The van der Waals surface area contributed by atoms with Crippen molar-refractivity contribution in [3.8, 4) is 0 Å². The van der Waals surface area contributed by atoms with Crippen LogP contribution < -0.4 is 5.43 Å². The Labute approximate surface area is 101 Å². The SMILES string of the molecule is C=CC(/C=C(\C)C1=CN2NC=NC2C=C1)=NC. The summed E-state index contributed by atoms with van der Waals surface area (Å²) in [7, 11) is 1.76. The minimum absolute atomic E-state index is 0.0882. The molecule has 17 heavy (non-hydrogen) atoms. The third-order valence-corrected chi connectivity index (χ3v) is 2.73. The molecule has 1 unspecified atom stereocenters. The largest absolute Gasteiger partial charge is 0.289 e. The number of allylic oxidation sites excluding steroid dienone is 5.